The van der Waals surface area contributed by atoms with Gasteiger partial charge in [-0.2, -0.15) is 0 Å². The Morgan fingerprint density at radius 1 is 1.31 bits per heavy atom. The number of hydrogen-bond donors (Lipinski definition) is 1. The maximum atomic E-state index is 3.68. The summed E-state index contributed by atoms with van der Waals surface area (Å²) in [5.74, 6) is 0.831. The third-order valence-corrected chi connectivity index (χ3v) is 3.72. The van der Waals surface area contributed by atoms with E-state index in [4.69, 9.17) is 0 Å². The monoisotopic (exact) mass is 226 g/mol. The quantitative estimate of drug-likeness (QED) is 0.749. The first-order chi connectivity index (χ1) is 7.67. The van der Waals surface area contributed by atoms with Gasteiger partial charge in [0.2, 0.25) is 0 Å². The molecule has 1 aliphatic rings. The second-order valence-electron chi connectivity index (χ2n) is 5.63. The van der Waals surface area contributed by atoms with Gasteiger partial charge in [0.25, 0.3) is 0 Å². The largest absolute Gasteiger partial charge is 0.311 e. The minimum absolute atomic E-state index is 0.722. The van der Waals surface area contributed by atoms with Gasteiger partial charge in [-0.15, -0.1) is 0 Å². The molecule has 96 valence electrons. The van der Waals surface area contributed by atoms with Crippen molar-refractivity contribution in [1.82, 2.24) is 10.2 Å². The lowest BCUT2D eigenvalue weighted by Crippen LogP contribution is -2.56. The molecule has 0 aliphatic carbocycles. The third kappa shape index (κ3) is 4.42. The molecule has 2 heteroatoms. The Bertz CT molecular complexity index is 180. The van der Waals surface area contributed by atoms with Gasteiger partial charge in [0, 0.05) is 25.2 Å². The van der Waals surface area contributed by atoms with Gasteiger partial charge in [-0.05, 0) is 31.7 Å². The van der Waals surface area contributed by atoms with E-state index in [0.717, 1.165) is 18.0 Å². The molecule has 2 nitrogen and oxygen atoms in total. The summed E-state index contributed by atoms with van der Waals surface area (Å²) >= 11 is 0. The van der Waals surface area contributed by atoms with Crippen LogP contribution in [0.2, 0.25) is 0 Å². The molecule has 0 aromatic heterocycles. The van der Waals surface area contributed by atoms with Crippen LogP contribution in [-0.2, 0) is 0 Å². The lowest BCUT2D eigenvalue weighted by atomic mass is 10.0. The highest BCUT2D eigenvalue weighted by atomic mass is 15.2. The van der Waals surface area contributed by atoms with Crippen LogP contribution in [0.1, 0.15) is 53.4 Å². The summed E-state index contributed by atoms with van der Waals surface area (Å²) in [5.41, 5.74) is 0. The minimum atomic E-state index is 0.722. The van der Waals surface area contributed by atoms with E-state index in [2.05, 4.69) is 37.9 Å². The molecule has 0 bridgehead atoms. The van der Waals surface area contributed by atoms with Gasteiger partial charge in [0.1, 0.15) is 0 Å². The molecule has 1 N–H and O–H groups in total. The topological polar surface area (TPSA) is 15.3 Å². The average Bonchev–Trinajstić information content (AvgIpc) is 2.28. The van der Waals surface area contributed by atoms with Gasteiger partial charge in [-0.3, -0.25) is 4.90 Å². The molecule has 0 amide bonds. The van der Waals surface area contributed by atoms with Crippen molar-refractivity contribution < 1.29 is 0 Å². The molecule has 0 aromatic carbocycles. The first kappa shape index (κ1) is 14.0. The van der Waals surface area contributed by atoms with Gasteiger partial charge in [0.05, 0.1) is 0 Å². The first-order valence-corrected chi connectivity index (χ1v) is 7.14. The third-order valence-electron chi connectivity index (χ3n) is 3.72. The number of nitrogens with zero attached hydrogens (tertiary/aromatic N) is 1. The number of piperazine rings is 1. The van der Waals surface area contributed by atoms with Crippen LogP contribution in [0, 0.1) is 5.92 Å². The lowest BCUT2D eigenvalue weighted by Gasteiger charge is -2.40. The van der Waals surface area contributed by atoms with Crippen LogP contribution in [0.15, 0.2) is 0 Å². The van der Waals surface area contributed by atoms with E-state index in [-0.39, 0.29) is 0 Å². The second-order valence-corrected chi connectivity index (χ2v) is 5.63. The van der Waals surface area contributed by atoms with Crippen molar-refractivity contribution >= 4 is 0 Å². The Balaban J connectivity index is 2.43. The fraction of sp³-hybridized carbons (Fsp3) is 1.00. The summed E-state index contributed by atoms with van der Waals surface area (Å²) in [6.07, 6.45) is 5.26. The predicted octanol–water partition coefficient (Wildman–Crippen LogP) is 2.89. The predicted molar refractivity (Wildman–Crippen MR) is 71.8 cm³/mol. The van der Waals surface area contributed by atoms with E-state index in [9.17, 15) is 0 Å². The maximum Gasteiger partial charge on any atom is 0.0221 e. The van der Waals surface area contributed by atoms with Crippen LogP contribution < -0.4 is 5.32 Å². The van der Waals surface area contributed by atoms with Crippen LogP contribution >= 0.6 is 0 Å². The molecule has 0 spiro atoms. The van der Waals surface area contributed by atoms with Crippen molar-refractivity contribution in [2.75, 3.05) is 19.6 Å². The molecule has 16 heavy (non-hydrogen) atoms. The zero-order valence-corrected chi connectivity index (χ0v) is 11.6. The average molecular weight is 226 g/mol. The minimum Gasteiger partial charge on any atom is -0.311 e. The highest BCUT2D eigenvalue weighted by Gasteiger charge is 2.25. The van der Waals surface area contributed by atoms with E-state index in [0.29, 0.717) is 0 Å². The Morgan fingerprint density at radius 3 is 2.62 bits per heavy atom. The SMILES string of the molecule is CCCC1CNC(CC)CN1CCC(C)C. The van der Waals surface area contributed by atoms with E-state index in [1.807, 2.05) is 0 Å². The van der Waals surface area contributed by atoms with Gasteiger partial charge in [-0.25, -0.2) is 0 Å². The molecular weight excluding hydrogens is 196 g/mol. The molecule has 0 saturated carbocycles. The summed E-state index contributed by atoms with van der Waals surface area (Å²) in [7, 11) is 0. The molecule has 1 rings (SSSR count). The zero-order valence-electron chi connectivity index (χ0n) is 11.6. The van der Waals surface area contributed by atoms with Crippen molar-refractivity contribution in [3.63, 3.8) is 0 Å². The van der Waals surface area contributed by atoms with Crippen molar-refractivity contribution in [1.29, 1.82) is 0 Å². The molecule has 1 saturated heterocycles. The van der Waals surface area contributed by atoms with E-state index in [1.54, 1.807) is 0 Å². The number of hydrogen-bond acceptors (Lipinski definition) is 2. The Hall–Kier alpha value is -0.0800. The van der Waals surface area contributed by atoms with Crippen LogP contribution in [-0.4, -0.2) is 36.6 Å². The normalized spacial score (nSPS) is 27.6. The lowest BCUT2D eigenvalue weighted by molar-refractivity contribution is 0.115. The summed E-state index contributed by atoms with van der Waals surface area (Å²) in [6.45, 7) is 13.0. The molecule has 1 fully saturated rings. The van der Waals surface area contributed by atoms with E-state index in [1.165, 1.54) is 45.3 Å². The fourth-order valence-electron chi connectivity index (χ4n) is 2.52. The summed E-state index contributed by atoms with van der Waals surface area (Å²) in [6, 6.07) is 1.51. The van der Waals surface area contributed by atoms with Crippen molar-refractivity contribution in [3.05, 3.63) is 0 Å². The van der Waals surface area contributed by atoms with Gasteiger partial charge < -0.3 is 5.32 Å². The molecular formula is C14H30N2. The Kier molecular flexibility index (Phi) is 6.37. The zero-order chi connectivity index (χ0) is 12.0. The van der Waals surface area contributed by atoms with Gasteiger partial charge in [-0.1, -0.05) is 34.1 Å². The van der Waals surface area contributed by atoms with Crippen molar-refractivity contribution in [2.45, 2.75) is 65.5 Å². The highest BCUT2D eigenvalue weighted by molar-refractivity contribution is 4.85. The fourth-order valence-corrected chi connectivity index (χ4v) is 2.52. The molecule has 0 aromatic rings. The second kappa shape index (κ2) is 7.29. The summed E-state index contributed by atoms with van der Waals surface area (Å²) in [4.78, 5) is 2.73. The van der Waals surface area contributed by atoms with Crippen LogP contribution in [0.25, 0.3) is 0 Å². The van der Waals surface area contributed by atoms with Gasteiger partial charge in [0.15, 0.2) is 0 Å². The summed E-state index contributed by atoms with van der Waals surface area (Å²) in [5, 5.41) is 3.68. The molecule has 1 aliphatic heterocycles. The van der Waals surface area contributed by atoms with E-state index >= 15 is 0 Å². The molecule has 0 radical (unpaired) electrons. The van der Waals surface area contributed by atoms with Crippen molar-refractivity contribution in [2.24, 2.45) is 5.92 Å². The van der Waals surface area contributed by atoms with Crippen LogP contribution in [0.4, 0.5) is 0 Å². The standard InChI is InChI=1S/C14H30N2/c1-5-7-14-10-15-13(6-2)11-16(14)9-8-12(3)4/h12-15H,5-11H2,1-4H3. The number of nitrogens with one attached hydrogen (secondary N) is 1. The van der Waals surface area contributed by atoms with E-state index < -0.39 is 0 Å². The molecule has 1 heterocycles. The highest BCUT2D eigenvalue weighted by Crippen LogP contribution is 2.15. The van der Waals surface area contributed by atoms with Gasteiger partial charge >= 0.3 is 0 Å². The molecule has 2 atom stereocenters. The molecule has 2 unspecified atom stereocenters. The smallest absolute Gasteiger partial charge is 0.0221 e. The Labute approximate surface area is 102 Å². The first-order valence-electron chi connectivity index (χ1n) is 7.14. The Morgan fingerprint density at radius 2 is 2.06 bits per heavy atom. The maximum absolute atomic E-state index is 3.68. The summed E-state index contributed by atoms with van der Waals surface area (Å²) < 4.78 is 0. The van der Waals surface area contributed by atoms with Crippen molar-refractivity contribution in [3.8, 4) is 0 Å². The van der Waals surface area contributed by atoms with Crippen LogP contribution in [0.3, 0.4) is 0 Å². The number of rotatable bonds is 6. The van der Waals surface area contributed by atoms with Crippen LogP contribution in [0.5, 0.6) is 0 Å².